The highest BCUT2D eigenvalue weighted by Gasteiger charge is 2.12. The quantitative estimate of drug-likeness (QED) is 0.580. The molecule has 96 valence electrons. The number of amides is 1. The van der Waals surface area contributed by atoms with Crippen LogP contribution in [0.1, 0.15) is 20.3 Å². The van der Waals surface area contributed by atoms with Gasteiger partial charge in [-0.1, -0.05) is 6.92 Å². The first kappa shape index (κ1) is 15.3. The average Bonchev–Trinajstić information content (AvgIpc) is 2.30. The highest BCUT2D eigenvalue weighted by Crippen LogP contribution is 1.92. The SMILES string of the molecule is CCC(C)NCC(=O)N(CCO)CCOC. The van der Waals surface area contributed by atoms with Crippen LogP contribution in [-0.2, 0) is 9.53 Å². The van der Waals surface area contributed by atoms with Crippen LogP contribution in [0, 0.1) is 0 Å². The van der Waals surface area contributed by atoms with Gasteiger partial charge in [-0.15, -0.1) is 0 Å². The van der Waals surface area contributed by atoms with Gasteiger partial charge in [0.25, 0.3) is 0 Å². The number of aliphatic hydroxyl groups excluding tert-OH is 1. The van der Waals surface area contributed by atoms with Gasteiger partial charge >= 0.3 is 0 Å². The number of ether oxygens (including phenoxy) is 1. The first-order valence-corrected chi connectivity index (χ1v) is 5.76. The maximum absolute atomic E-state index is 11.8. The van der Waals surface area contributed by atoms with Gasteiger partial charge < -0.3 is 20.1 Å². The van der Waals surface area contributed by atoms with Crippen molar-refractivity contribution in [1.82, 2.24) is 10.2 Å². The summed E-state index contributed by atoms with van der Waals surface area (Å²) in [5, 5.41) is 12.0. The summed E-state index contributed by atoms with van der Waals surface area (Å²) in [4.78, 5) is 13.4. The second-order valence-corrected chi connectivity index (χ2v) is 3.79. The minimum Gasteiger partial charge on any atom is -0.395 e. The highest BCUT2D eigenvalue weighted by atomic mass is 16.5. The number of nitrogens with zero attached hydrogens (tertiary/aromatic N) is 1. The molecule has 0 saturated heterocycles. The van der Waals surface area contributed by atoms with Crippen molar-refractivity contribution in [3.63, 3.8) is 0 Å². The minimum atomic E-state index is -0.0151. The Hall–Kier alpha value is -0.650. The second kappa shape index (κ2) is 9.57. The fourth-order valence-electron chi connectivity index (χ4n) is 1.20. The lowest BCUT2D eigenvalue weighted by molar-refractivity contribution is -0.131. The Kier molecular flexibility index (Phi) is 9.18. The lowest BCUT2D eigenvalue weighted by atomic mass is 10.2. The molecule has 5 nitrogen and oxygen atoms in total. The van der Waals surface area contributed by atoms with Gasteiger partial charge in [0.05, 0.1) is 19.8 Å². The van der Waals surface area contributed by atoms with E-state index in [0.717, 1.165) is 6.42 Å². The van der Waals surface area contributed by atoms with Crippen molar-refractivity contribution in [2.24, 2.45) is 0 Å². The van der Waals surface area contributed by atoms with Crippen LogP contribution in [0.15, 0.2) is 0 Å². The second-order valence-electron chi connectivity index (χ2n) is 3.79. The van der Waals surface area contributed by atoms with E-state index >= 15 is 0 Å². The molecule has 0 spiro atoms. The number of methoxy groups -OCH3 is 1. The van der Waals surface area contributed by atoms with Crippen LogP contribution in [0.5, 0.6) is 0 Å². The van der Waals surface area contributed by atoms with Crippen LogP contribution in [-0.4, -0.2) is 61.9 Å². The number of hydrogen-bond donors (Lipinski definition) is 2. The third-order valence-corrected chi connectivity index (χ3v) is 2.50. The topological polar surface area (TPSA) is 61.8 Å². The van der Waals surface area contributed by atoms with Gasteiger partial charge in [-0.05, 0) is 13.3 Å². The maximum Gasteiger partial charge on any atom is 0.236 e. The molecule has 0 bridgehead atoms. The van der Waals surface area contributed by atoms with Crippen LogP contribution in [0.4, 0.5) is 0 Å². The van der Waals surface area contributed by atoms with Crippen molar-refractivity contribution in [1.29, 1.82) is 0 Å². The summed E-state index contributed by atoms with van der Waals surface area (Å²) < 4.78 is 4.92. The van der Waals surface area contributed by atoms with Gasteiger partial charge in [-0.25, -0.2) is 0 Å². The van der Waals surface area contributed by atoms with Crippen molar-refractivity contribution in [2.75, 3.05) is 40.0 Å². The molecule has 0 rings (SSSR count). The highest BCUT2D eigenvalue weighted by molar-refractivity contribution is 5.78. The Morgan fingerprint density at radius 3 is 2.69 bits per heavy atom. The molecule has 16 heavy (non-hydrogen) atoms. The number of hydrogen-bond acceptors (Lipinski definition) is 4. The third-order valence-electron chi connectivity index (χ3n) is 2.50. The Morgan fingerprint density at radius 2 is 2.19 bits per heavy atom. The summed E-state index contributed by atoms with van der Waals surface area (Å²) in [6.07, 6.45) is 0.991. The van der Waals surface area contributed by atoms with Crippen LogP contribution < -0.4 is 5.32 Å². The molecule has 1 atom stereocenters. The summed E-state index contributed by atoms with van der Waals surface area (Å²) in [5.41, 5.74) is 0. The van der Waals surface area contributed by atoms with Gasteiger partial charge in [0.15, 0.2) is 0 Å². The van der Waals surface area contributed by atoms with Crippen LogP contribution >= 0.6 is 0 Å². The zero-order valence-electron chi connectivity index (χ0n) is 10.5. The zero-order chi connectivity index (χ0) is 12.4. The largest absolute Gasteiger partial charge is 0.395 e. The van der Waals surface area contributed by atoms with Gasteiger partial charge in [-0.2, -0.15) is 0 Å². The minimum absolute atomic E-state index is 0.00593. The van der Waals surface area contributed by atoms with E-state index in [1.54, 1.807) is 12.0 Å². The smallest absolute Gasteiger partial charge is 0.236 e. The fraction of sp³-hybridized carbons (Fsp3) is 0.909. The van der Waals surface area contributed by atoms with E-state index in [0.29, 0.717) is 32.3 Å². The molecule has 0 aliphatic heterocycles. The van der Waals surface area contributed by atoms with Crippen molar-refractivity contribution in [3.05, 3.63) is 0 Å². The monoisotopic (exact) mass is 232 g/mol. The summed E-state index contributed by atoms with van der Waals surface area (Å²) >= 11 is 0. The van der Waals surface area contributed by atoms with E-state index in [2.05, 4.69) is 12.2 Å². The standard InChI is InChI=1S/C11H24N2O3/c1-4-10(2)12-9-11(15)13(5-7-14)6-8-16-3/h10,12,14H,4-9H2,1-3H3. The van der Waals surface area contributed by atoms with E-state index in [4.69, 9.17) is 9.84 Å². The number of carbonyl (C=O) groups is 1. The fourth-order valence-corrected chi connectivity index (χ4v) is 1.20. The molecule has 1 unspecified atom stereocenters. The molecule has 0 heterocycles. The van der Waals surface area contributed by atoms with E-state index in [-0.39, 0.29) is 12.5 Å². The van der Waals surface area contributed by atoms with Crippen LogP contribution in [0.2, 0.25) is 0 Å². The van der Waals surface area contributed by atoms with Crippen LogP contribution in [0.3, 0.4) is 0 Å². The van der Waals surface area contributed by atoms with E-state index < -0.39 is 0 Å². The number of rotatable bonds is 9. The molecule has 0 aromatic carbocycles. The molecule has 0 radical (unpaired) electrons. The Balaban J connectivity index is 3.95. The molecule has 0 aromatic rings. The van der Waals surface area contributed by atoms with Gasteiger partial charge in [-0.3, -0.25) is 4.79 Å². The summed E-state index contributed by atoms with van der Waals surface area (Å²) in [6, 6.07) is 0.336. The Bertz CT molecular complexity index is 188. The predicted molar refractivity (Wildman–Crippen MR) is 63.3 cm³/mol. The molecule has 0 saturated carbocycles. The summed E-state index contributed by atoms with van der Waals surface area (Å²) in [7, 11) is 1.60. The predicted octanol–water partition coefficient (Wildman–Crippen LogP) is -0.158. The third kappa shape index (κ3) is 6.76. The van der Waals surface area contributed by atoms with Gasteiger partial charge in [0, 0.05) is 26.2 Å². The first-order chi connectivity index (χ1) is 7.65. The molecule has 0 fully saturated rings. The molecule has 0 aromatic heterocycles. The Labute approximate surface area is 97.8 Å². The molecule has 2 N–H and O–H groups in total. The van der Waals surface area contributed by atoms with E-state index in [9.17, 15) is 4.79 Å². The lowest BCUT2D eigenvalue weighted by Crippen LogP contribution is -2.43. The summed E-state index contributed by atoms with van der Waals surface area (Å²) in [5.74, 6) is 0.00593. The molecular formula is C11H24N2O3. The lowest BCUT2D eigenvalue weighted by Gasteiger charge is -2.22. The summed E-state index contributed by atoms with van der Waals surface area (Å²) in [6.45, 7) is 5.80. The zero-order valence-corrected chi connectivity index (χ0v) is 10.5. The van der Waals surface area contributed by atoms with Crippen molar-refractivity contribution in [3.8, 4) is 0 Å². The average molecular weight is 232 g/mol. The van der Waals surface area contributed by atoms with E-state index in [1.165, 1.54) is 0 Å². The maximum atomic E-state index is 11.8. The molecule has 1 amide bonds. The first-order valence-electron chi connectivity index (χ1n) is 5.76. The van der Waals surface area contributed by atoms with Gasteiger partial charge in [0.1, 0.15) is 0 Å². The number of carbonyl (C=O) groups excluding carboxylic acids is 1. The van der Waals surface area contributed by atoms with Crippen LogP contribution in [0.25, 0.3) is 0 Å². The van der Waals surface area contributed by atoms with Crippen molar-refractivity contribution < 1.29 is 14.6 Å². The Morgan fingerprint density at radius 1 is 1.50 bits per heavy atom. The number of nitrogens with one attached hydrogen (secondary N) is 1. The van der Waals surface area contributed by atoms with Gasteiger partial charge in [0.2, 0.25) is 5.91 Å². The number of aliphatic hydroxyl groups is 1. The molecular weight excluding hydrogens is 208 g/mol. The van der Waals surface area contributed by atoms with E-state index in [1.807, 2.05) is 6.92 Å². The van der Waals surface area contributed by atoms with Crippen molar-refractivity contribution in [2.45, 2.75) is 26.3 Å². The molecule has 5 heteroatoms. The molecule has 0 aliphatic carbocycles. The molecule has 0 aliphatic rings. The normalized spacial score (nSPS) is 12.5. The van der Waals surface area contributed by atoms with Crippen molar-refractivity contribution >= 4 is 5.91 Å².